The Morgan fingerprint density at radius 2 is 2.17 bits per heavy atom. The number of fused-ring (bicyclic) bond motifs is 3. The van der Waals surface area contributed by atoms with Gasteiger partial charge in [-0.2, -0.15) is 0 Å². The third-order valence-corrected chi connectivity index (χ3v) is 3.16. The molecule has 0 saturated carbocycles. The fourth-order valence-corrected chi connectivity index (χ4v) is 2.19. The number of piperidine rings is 1. The summed E-state index contributed by atoms with van der Waals surface area (Å²) in [7, 11) is -6.89. The van der Waals surface area contributed by atoms with Gasteiger partial charge >= 0.3 is 0 Å². The summed E-state index contributed by atoms with van der Waals surface area (Å²) in [6.45, 7) is -16.7. The van der Waals surface area contributed by atoms with Crippen LogP contribution in [0.4, 0.5) is 0 Å². The van der Waals surface area contributed by atoms with E-state index >= 15 is 0 Å². The van der Waals surface area contributed by atoms with Crippen molar-refractivity contribution < 1.29 is 48.8 Å². The van der Waals surface area contributed by atoms with E-state index in [1.54, 1.807) is 0 Å². The smallest absolute Gasteiger partial charge is 0.161 e. The Morgan fingerprint density at radius 3 is 2.88 bits per heavy atom. The fraction of sp³-hybridized carbons (Fsp3) is 0.700. The maximum absolute atomic E-state index is 11.7. The molecule has 0 aliphatic carbocycles. The molecule has 1 fully saturated rings. The van der Waals surface area contributed by atoms with E-state index < -0.39 is 111 Å². The Balaban J connectivity index is 2.66. The molecule has 0 amide bonds. The van der Waals surface area contributed by atoms with Crippen LogP contribution in [0.1, 0.15) is 84.8 Å². The lowest BCUT2D eigenvalue weighted by molar-refractivity contribution is -0.0259. The molecular formula is C20H31NO3. The SMILES string of the molecule is [2H]C([2H])([2H])Oc1cc2c(cc1OC([2H])([2H])[2H])C1([2H])N(C([2H])([2H])C2([2H])[2H])C([2H])([2H])C([2H])(C([2H])([2H])C(C)(C([2H])([2H])[2H])C([2H])([2H])[2H])C([2H])(O)C1([2H])[2H]. The summed E-state index contributed by atoms with van der Waals surface area (Å²) in [6, 6.07) is -3.52. The summed E-state index contributed by atoms with van der Waals surface area (Å²) >= 11 is 0. The van der Waals surface area contributed by atoms with Crippen LogP contribution in [-0.4, -0.2) is 43.2 Å². The topological polar surface area (TPSA) is 41.9 Å². The number of aliphatic hydroxyl groups is 1. The number of hydrogen-bond donors (Lipinski definition) is 1. The second-order valence-corrected chi connectivity index (χ2v) is 5.18. The number of aryl methyl sites for hydroxylation is 1. The van der Waals surface area contributed by atoms with E-state index in [0.717, 1.165) is 0 Å². The van der Waals surface area contributed by atoms with Gasteiger partial charge in [0.05, 0.1) is 31.1 Å². The normalized spacial score (nSPS) is 63.0. The lowest BCUT2D eigenvalue weighted by Crippen LogP contribution is -2.48. The molecule has 0 spiro atoms. The molecule has 1 aromatic rings. The molecule has 4 nitrogen and oxygen atoms in total. The highest BCUT2D eigenvalue weighted by atomic mass is 16.5. The quantitative estimate of drug-likeness (QED) is 0.899. The van der Waals surface area contributed by atoms with Gasteiger partial charge in [-0.15, -0.1) is 0 Å². The van der Waals surface area contributed by atoms with Crippen molar-refractivity contribution in [1.82, 2.24) is 4.90 Å². The minimum Gasteiger partial charge on any atom is -0.493 e. The Bertz CT molecular complexity index is 1470. The van der Waals surface area contributed by atoms with Gasteiger partial charge in [0.15, 0.2) is 11.5 Å². The summed E-state index contributed by atoms with van der Waals surface area (Å²) in [4.78, 5) is -0.730. The first-order chi connectivity index (χ1) is 21.0. The van der Waals surface area contributed by atoms with Crippen LogP contribution in [0.2, 0.25) is 0 Å². The maximum Gasteiger partial charge on any atom is 0.161 e. The Labute approximate surface area is 180 Å². The van der Waals surface area contributed by atoms with E-state index in [2.05, 4.69) is 0 Å². The molecule has 1 N–H and O–H groups in total. The first kappa shape index (κ1) is 4.34. The van der Waals surface area contributed by atoms with Crippen LogP contribution < -0.4 is 9.47 Å². The minimum atomic E-state index is -4.81. The molecule has 0 bridgehead atoms. The molecule has 24 heavy (non-hydrogen) atoms. The van der Waals surface area contributed by atoms with Gasteiger partial charge < -0.3 is 14.6 Å². The van der Waals surface area contributed by atoms with Crippen molar-refractivity contribution in [1.29, 1.82) is 0 Å². The van der Waals surface area contributed by atoms with E-state index in [9.17, 15) is 6.48 Å². The number of benzene rings is 1. The van der Waals surface area contributed by atoms with Crippen LogP contribution in [0, 0.1) is 11.3 Å². The van der Waals surface area contributed by atoms with Crippen LogP contribution in [0.15, 0.2) is 12.1 Å². The van der Waals surface area contributed by atoms with Gasteiger partial charge in [-0.3, -0.25) is 4.90 Å². The molecule has 4 heteroatoms. The number of rotatable bonds is 3. The van der Waals surface area contributed by atoms with Crippen molar-refractivity contribution in [2.45, 2.75) is 51.8 Å². The highest BCUT2D eigenvalue weighted by Crippen LogP contribution is 2.44. The summed E-state index contributed by atoms with van der Waals surface area (Å²) in [5.41, 5.74) is -6.52. The average Bonchev–Trinajstić information content (AvgIpc) is 2.82. The molecule has 0 aromatic heterocycles. The first-order valence-electron chi connectivity index (χ1n) is 19.1. The van der Waals surface area contributed by atoms with E-state index in [4.69, 9.17) is 42.4 Å². The largest absolute Gasteiger partial charge is 0.493 e. The predicted octanol–water partition coefficient (Wildman–Crippen LogP) is 3.42. The number of ether oxygens (including phenoxy) is 2. The number of methoxy groups -OCH3 is 2. The van der Waals surface area contributed by atoms with Gasteiger partial charge in [-0.25, -0.2) is 0 Å². The third-order valence-electron chi connectivity index (χ3n) is 3.16. The van der Waals surface area contributed by atoms with Gasteiger partial charge in [-0.05, 0) is 53.7 Å². The Kier molecular flexibility index (Phi) is 1.19. The molecule has 2 aliphatic heterocycles. The Hall–Kier alpha value is -1.26. The van der Waals surface area contributed by atoms with E-state index in [1.807, 2.05) is 0 Å². The van der Waals surface area contributed by atoms with Crippen molar-refractivity contribution in [2.24, 2.45) is 11.3 Å². The number of hydrogen-bond acceptors (Lipinski definition) is 4. The highest BCUT2D eigenvalue weighted by Gasteiger charge is 2.39. The van der Waals surface area contributed by atoms with Gasteiger partial charge in [0.1, 0.15) is 0 Å². The molecule has 2 aliphatic rings. The molecule has 3 rings (SSSR count). The van der Waals surface area contributed by atoms with Crippen molar-refractivity contribution in [3.8, 4) is 11.5 Å². The highest BCUT2D eigenvalue weighted by molar-refractivity contribution is 5.49. The zero-order valence-corrected chi connectivity index (χ0v) is 12.4. The third kappa shape index (κ3) is 3.40. The zero-order valence-electron chi connectivity index (χ0n) is 37.4. The molecule has 3 unspecified atom stereocenters. The second kappa shape index (κ2) is 6.57. The zero-order chi connectivity index (χ0) is 39.2. The molecule has 134 valence electrons. The molecular weight excluding hydrogens is 302 g/mol. The molecule has 2 heterocycles. The van der Waals surface area contributed by atoms with Crippen LogP contribution in [0.25, 0.3) is 0 Å². The predicted molar refractivity (Wildman–Crippen MR) is 95.7 cm³/mol. The maximum atomic E-state index is 11.7. The van der Waals surface area contributed by atoms with Crippen LogP contribution in [0.5, 0.6) is 11.5 Å². The number of nitrogens with zero attached hydrogens (tertiary/aromatic N) is 1. The molecule has 1 saturated heterocycles. The fourth-order valence-electron chi connectivity index (χ4n) is 2.19. The lowest BCUT2D eigenvalue weighted by Gasteiger charge is -2.47. The van der Waals surface area contributed by atoms with Crippen molar-refractivity contribution in [2.75, 3.05) is 27.1 Å². The summed E-state index contributed by atoms with van der Waals surface area (Å²) < 4.78 is 217. The van der Waals surface area contributed by atoms with Crippen molar-refractivity contribution >= 4 is 0 Å². The summed E-state index contributed by atoms with van der Waals surface area (Å²) in [5.74, 6) is -7.12. The first-order valence-corrected chi connectivity index (χ1v) is 6.62. The van der Waals surface area contributed by atoms with Crippen molar-refractivity contribution in [3.05, 3.63) is 23.3 Å². The van der Waals surface area contributed by atoms with E-state index in [-0.39, 0.29) is 13.0 Å². The molecule has 1 aromatic carbocycles. The van der Waals surface area contributed by atoms with Gasteiger partial charge in [0, 0.05) is 42.3 Å². The average molecular weight is 359 g/mol. The van der Waals surface area contributed by atoms with E-state index in [0.29, 0.717) is 6.07 Å². The van der Waals surface area contributed by atoms with Gasteiger partial charge in [0.2, 0.25) is 0 Å². The molecule has 0 radical (unpaired) electrons. The Morgan fingerprint density at radius 1 is 1.42 bits per heavy atom. The summed E-state index contributed by atoms with van der Waals surface area (Å²) in [5, 5.41) is 11.7. The standard InChI is InChI=1S/C20H31NO3/c1-20(2,3)11-14-12-21-7-6-13-8-18(23-4)19(24-5)9-15(13)16(21)10-17(14)22/h8-9,14,16-17,22H,6-7,10-12H2,1-5H3/i1D3,2D3,4D3,5D3,6D2,7D2,10D2,11D2,12D2,14D,16D,17D. The summed E-state index contributed by atoms with van der Waals surface area (Å²) in [6.07, 6.45) is -17.7. The van der Waals surface area contributed by atoms with E-state index in [1.165, 1.54) is 0 Å². The van der Waals surface area contributed by atoms with Gasteiger partial charge in [0.25, 0.3) is 0 Å². The van der Waals surface area contributed by atoms with Crippen LogP contribution in [-0.2, 0) is 6.37 Å². The lowest BCUT2D eigenvalue weighted by atomic mass is 9.75. The van der Waals surface area contributed by atoms with Crippen LogP contribution in [0.3, 0.4) is 0 Å². The monoisotopic (exact) mass is 358 g/mol. The molecule has 3 atom stereocenters. The van der Waals surface area contributed by atoms with Crippen LogP contribution >= 0.6 is 0 Å². The van der Waals surface area contributed by atoms with Crippen molar-refractivity contribution in [3.63, 3.8) is 0 Å². The van der Waals surface area contributed by atoms with Gasteiger partial charge in [-0.1, -0.05) is 20.6 Å². The second-order valence-electron chi connectivity index (χ2n) is 5.18. The minimum absolute atomic E-state index is 0.192.